The molecule has 12 nitrogen and oxygen atoms in total. The zero-order valence-corrected chi connectivity index (χ0v) is 19.5. The van der Waals surface area contributed by atoms with Crippen LogP contribution < -0.4 is 35.8 Å². The number of methoxy groups -OCH3 is 1. The van der Waals surface area contributed by atoms with Crippen LogP contribution in [0.2, 0.25) is 0 Å². The molecule has 0 aromatic carbocycles. The van der Waals surface area contributed by atoms with E-state index in [1.54, 1.807) is 0 Å². The topological polar surface area (TPSA) is 137 Å². The molecule has 3 heterocycles. The second kappa shape index (κ2) is 10.5. The molecule has 4 N–H and O–H groups in total. The van der Waals surface area contributed by atoms with Gasteiger partial charge in [-0.25, -0.2) is 9.59 Å². The maximum absolute atomic E-state index is 12.0. The van der Waals surface area contributed by atoms with Crippen LogP contribution in [-0.2, 0) is 0 Å². The summed E-state index contributed by atoms with van der Waals surface area (Å²) in [4.78, 5) is 41.5. The zero-order valence-electron chi connectivity index (χ0n) is 19.5. The highest BCUT2D eigenvalue weighted by Crippen LogP contribution is 2.23. The molecule has 12 heteroatoms. The number of nitrogens with zero attached hydrogens (tertiary/aromatic N) is 5. The molecule has 4 amide bonds. The third-order valence-electron chi connectivity index (χ3n) is 5.23. The fourth-order valence-corrected chi connectivity index (χ4v) is 3.81. The van der Waals surface area contributed by atoms with E-state index < -0.39 is 0 Å². The largest absolute Gasteiger partial charge is 0.467 e. The Morgan fingerprint density at radius 3 is 1.66 bits per heavy atom. The van der Waals surface area contributed by atoms with Gasteiger partial charge in [0.25, 0.3) is 0 Å². The number of carbonyl (C=O) groups is 2. The van der Waals surface area contributed by atoms with Gasteiger partial charge >= 0.3 is 18.1 Å². The summed E-state index contributed by atoms with van der Waals surface area (Å²) in [6, 6.07) is 0.0967. The van der Waals surface area contributed by atoms with Gasteiger partial charge in [0.15, 0.2) is 0 Å². The maximum Gasteiger partial charge on any atom is 0.322 e. The van der Waals surface area contributed by atoms with E-state index >= 15 is 0 Å². The second-order valence-electron chi connectivity index (χ2n) is 8.83. The summed E-state index contributed by atoms with van der Waals surface area (Å²) in [6.07, 6.45) is 1.60. The van der Waals surface area contributed by atoms with Crippen LogP contribution in [0, 0.1) is 0 Å². The first-order valence-corrected chi connectivity index (χ1v) is 11.2. The quantitative estimate of drug-likeness (QED) is 0.471. The lowest BCUT2D eigenvalue weighted by Gasteiger charge is -2.21. The number of hydrogen-bond acceptors (Lipinski definition) is 8. The third-order valence-corrected chi connectivity index (χ3v) is 5.23. The molecule has 2 unspecified atom stereocenters. The highest BCUT2D eigenvalue weighted by atomic mass is 16.5. The van der Waals surface area contributed by atoms with Crippen molar-refractivity contribution >= 4 is 24.0 Å². The van der Waals surface area contributed by atoms with Gasteiger partial charge in [0, 0.05) is 50.3 Å². The standard InChI is InChI=1S/C20H35N9O3/c1-12(2)21-18(30)23-14-6-8-28(10-14)16-25-17(27-20(26-16)32-5)29-9-7-15(11-29)24-19(31)22-13(3)4/h12-15H,6-11H2,1-5H3,(H2,21,23,30)(H2,22,24,31). The summed E-state index contributed by atoms with van der Waals surface area (Å²) in [5.41, 5.74) is 0. The lowest BCUT2D eigenvalue weighted by atomic mass is 10.3. The monoisotopic (exact) mass is 449 g/mol. The van der Waals surface area contributed by atoms with E-state index in [4.69, 9.17) is 4.74 Å². The molecule has 32 heavy (non-hydrogen) atoms. The highest BCUT2D eigenvalue weighted by Gasteiger charge is 2.30. The van der Waals surface area contributed by atoms with Gasteiger partial charge in [-0.2, -0.15) is 15.0 Å². The predicted molar refractivity (Wildman–Crippen MR) is 121 cm³/mol. The number of ether oxygens (including phenoxy) is 1. The number of rotatable bonds is 7. The highest BCUT2D eigenvalue weighted by molar-refractivity contribution is 5.75. The van der Waals surface area contributed by atoms with Crippen LogP contribution >= 0.6 is 0 Å². The van der Waals surface area contributed by atoms with Crippen LogP contribution in [0.3, 0.4) is 0 Å². The minimum atomic E-state index is -0.169. The SMILES string of the molecule is COc1nc(N2CCC(NC(=O)NC(C)C)C2)nc(N2CCC(NC(=O)NC(C)C)C2)n1. The van der Waals surface area contributed by atoms with Gasteiger partial charge in [-0.1, -0.05) is 0 Å². The van der Waals surface area contributed by atoms with Crippen LogP contribution in [0.5, 0.6) is 6.01 Å². The minimum absolute atomic E-state index is 0.0137. The Kier molecular flexibility index (Phi) is 7.75. The predicted octanol–water partition coefficient (Wildman–Crippen LogP) is 0.453. The van der Waals surface area contributed by atoms with Crippen molar-refractivity contribution in [2.45, 2.75) is 64.7 Å². The molecule has 2 aliphatic heterocycles. The third kappa shape index (κ3) is 6.47. The molecule has 2 aliphatic rings. The number of anilines is 2. The number of carbonyl (C=O) groups excluding carboxylic acids is 2. The van der Waals surface area contributed by atoms with Crippen LogP contribution in [0.25, 0.3) is 0 Å². The van der Waals surface area contributed by atoms with Gasteiger partial charge in [-0.05, 0) is 40.5 Å². The number of aromatic nitrogens is 3. The molecular weight excluding hydrogens is 414 g/mol. The van der Waals surface area contributed by atoms with Crippen molar-refractivity contribution in [3.63, 3.8) is 0 Å². The maximum atomic E-state index is 12.0. The Morgan fingerprint density at radius 1 is 0.844 bits per heavy atom. The summed E-state index contributed by atoms with van der Waals surface area (Å²) in [5, 5.41) is 11.7. The molecule has 0 saturated carbocycles. The lowest BCUT2D eigenvalue weighted by Crippen LogP contribution is -2.45. The molecule has 3 rings (SSSR count). The van der Waals surface area contributed by atoms with Gasteiger partial charge in [-0.3, -0.25) is 0 Å². The van der Waals surface area contributed by atoms with E-state index in [-0.39, 0.29) is 42.2 Å². The van der Waals surface area contributed by atoms with Gasteiger partial charge in [0.2, 0.25) is 11.9 Å². The second-order valence-corrected chi connectivity index (χ2v) is 8.83. The van der Waals surface area contributed by atoms with Crippen molar-refractivity contribution in [3.8, 4) is 6.01 Å². The molecule has 2 saturated heterocycles. The smallest absolute Gasteiger partial charge is 0.322 e. The Labute approximate surface area is 188 Å². The number of amides is 4. The lowest BCUT2D eigenvalue weighted by molar-refractivity contribution is 0.234. The molecular formula is C20H35N9O3. The first-order chi connectivity index (χ1) is 15.2. The van der Waals surface area contributed by atoms with Gasteiger partial charge in [0.1, 0.15) is 0 Å². The molecule has 0 bridgehead atoms. The van der Waals surface area contributed by atoms with Crippen molar-refractivity contribution in [2.24, 2.45) is 0 Å². The number of hydrogen-bond donors (Lipinski definition) is 4. The summed E-state index contributed by atoms with van der Waals surface area (Å²) >= 11 is 0. The van der Waals surface area contributed by atoms with E-state index in [1.807, 2.05) is 37.5 Å². The number of urea groups is 2. The van der Waals surface area contributed by atoms with Crippen molar-refractivity contribution in [2.75, 3.05) is 43.1 Å². The summed E-state index contributed by atoms with van der Waals surface area (Å²) in [6.45, 7) is 10.4. The first-order valence-electron chi connectivity index (χ1n) is 11.2. The van der Waals surface area contributed by atoms with E-state index in [9.17, 15) is 9.59 Å². The molecule has 0 radical (unpaired) electrons. The molecule has 1 aromatic heterocycles. The van der Waals surface area contributed by atoms with Crippen LogP contribution in [0.1, 0.15) is 40.5 Å². The average Bonchev–Trinajstić information content (AvgIpc) is 3.36. The fourth-order valence-electron chi connectivity index (χ4n) is 3.81. The van der Waals surface area contributed by atoms with E-state index in [1.165, 1.54) is 7.11 Å². The van der Waals surface area contributed by atoms with E-state index in [0.717, 1.165) is 25.9 Å². The normalized spacial score (nSPS) is 20.6. The summed E-state index contributed by atoms with van der Waals surface area (Å²) < 4.78 is 5.31. The molecule has 2 atom stereocenters. The Morgan fingerprint density at radius 2 is 1.28 bits per heavy atom. The Hall–Kier alpha value is -3.05. The fraction of sp³-hybridized carbons (Fsp3) is 0.750. The van der Waals surface area contributed by atoms with Gasteiger partial charge in [-0.15, -0.1) is 0 Å². The van der Waals surface area contributed by atoms with Gasteiger partial charge in [0.05, 0.1) is 7.11 Å². The Bertz CT molecular complexity index is 744. The first kappa shape index (κ1) is 23.6. The molecule has 0 spiro atoms. The van der Waals surface area contributed by atoms with Crippen LogP contribution in [0.15, 0.2) is 0 Å². The molecule has 0 aliphatic carbocycles. The molecule has 1 aromatic rings. The Balaban J connectivity index is 1.63. The minimum Gasteiger partial charge on any atom is -0.467 e. The molecule has 2 fully saturated rings. The van der Waals surface area contributed by atoms with E-state index in [0.29, 0.717) is 25.0 Å². The number of nitrogens with one attached hydrogen (secondary N) is 4. The summed E-state index contributed by atoms with van der Waals surface area (Å²) in [5.74, 6) is 1.05. The van der Waals surface area contributed by atoms with Crippen LogP contribution in [0.4, 0.5) is 21.5 Å². The van der Waals surface area contributed by atoms with E-state index in [2.05, 4.69) is 36.2 Å². The van der Waals surface area contributed by atoms with Gasteiger partial charge < -0.3 is 35.8 Å². The molecule has 178 valence electrons. The zero-order chi connectivity index (χ0) is 23.3. The van der Waals surface area contributed by atoms with Crippen molar-refractivity contribution in [3.05, 3.63) is 0 Å². The van der Waals surface area contributed by atoms with Crippen LogP contribution in [-0.4, -0.2) is 84.5 Å². The van der Waals surface area contributed by atoms with Crippen molar-refractivity contribution in [1.82, 2.24) is 36.2 Å². The van der Waals surface area contributed by atoms with Crippen molar-refractivity contribution in [1.29, 1.82) is 0 Å². The van der Waals surface area contributed by atoms with Crippen molar-refractivity contribution < 1.29 is 14.3 Å². The average molecular weight is 450 g/mol. The summed E-state index contributed by atoms with van der Waals surface area (Å²) in [7, 11) is 1.53.